The lowest BCUT2D eigenvalue weighted by molar-refractivity contribution is -0.287. The number of fused-ring (bicyclic) bond motifs is 1. The standard InChI is InChI=1S/C14H17F2NO2/c15-14(16)18-11-8-4-7-10(13(11)19-14)12(17)9-5-2-1-3-6-9/h4,7-9,12H,1-3,5-6,17H2/t12-/m1/s1. The number of hydrogen-bond acceptors (Lipinski definition) is 3. The Bertz CT molecular complexity index is 473. The fourth-order valence-electron chi connectivity index (χ4n) is 3.00. The molecule has 0 amide bonds. The highest BCUT2D eigenvalue weighted by atomic mass is 19.3. The molecule has 0 radical (unpaired) electrons. The van der Waals surface area contributed by atoms with Crippen molar-refractivity contribution in [1.82, 2.24) is 0 Å². The van der Waals surface area contributed by atoms with Crippen molar-refractivity contribution in [3.05, 3.63) is 23.8 Å². The number of nitrogens with two attached hydrogens (primary N) is 1. The van der Waals surface area contributed by atoms with Crippen LogP contribution in [0.3, 0.4) is 0 Å². The first kappa shape index (κ1) is 12.7. The third kappa shape index (κ3) is 2.39. The van der Waals surface area contributed by atoms with E-state index in [4.69, 9.17) is 5.73 Å². The number of rotatable bonds is 2. The molecule has 1 saturated carbocycles. The van der Waals surface area contributed by atoms with Crippen LogP contribution >= 0.6 is 0 Å². The Labute approximate surface area is 110 Å². The monoisotopic (exact) mass is 269 g/mol. The van der Waals surface area contributed by atoms with Gasteiger partial charge in [0, 0.05) is 11.6 Å². The summed E-state index contributed by atoms with van der Waals surface area (Å²) in [6.45, 7) is 0. The zero-order valence-electron chi connectivity index (χ0n) is 10.6. The quantitative estimate of drug-likeness (QED) is 0.892. The lowest BCUT2D eigenvalue weighted by Crippen LogP contribution is -2.27. The van der Waals surface area contributed by atoms with Gasteiger partial charge in [0.05, 0.1) is 0 Å². The highest BCUT2D eigenvalue weighted by molar-refractivity contribution is 5.50. The number of ether oxygens (including phenoxy) is 2. The Balaban J connectivity index is 1.88. The van der Waals surface area contributed by atoms with Crippen molar-refractivity contribution in [2.24, 2.45) is 11.7 Å². The third-order valence-electron chi connectivity index (χ3n) is 3.98. The highest BCUT2D eigenvalue weighted by Crippen LogP contribution is 2.47. The summed E-state index contributed by atoms with van der Waals surface area (Å²) in [7, 11) is 0. The molecule has 1 aliphatic carbocycles. The largest absolute Gasteiger partial charge is 0.586 e. The van der Waals surface area contributed by atoms with Crippen molar-refractivity contribution >= 4 is 0 Å². The van der Waals surface area contributed by atoms with E-state index >= 15 is 0 Å². The molecule has 1 atom stereocenters. The lowest BCUT2D eigenvalue weighted by Gasteiger charge is -2.28. The second-order valence-electron chi connectivity index (χ2n) is 5.27. The number of alkyl halides is 2. The third-order valence-corrected chi connectivity index (χ3v) is 3.98. The predicted octanol–water partition coefficient (Wildman–Crippen LogP) is 3.59. The van der Waals surface area contributed by atoms with Crippen LogP contribution in [0.1, 0.15) is 43.7 Å². The second-order valence-corrected chi connectivity index (χ2v) is 5.27. The molecule has 1 heterocycles. The molecule has 1 aromatic carbocycles. The van der Waals surface area contributed by atoms with Crippen molar-refractivity contribution in [2.45, 2.75) is 44.4 Å². The molecule has 0 saturated heterocycles. The molecular formula is C14H17F2NO2. The van der Waals surface area contributed by atoms with Gasteiger partial charge in [-0.05, 0) is 24.8 Å². The highest BCUT2D eigenvalue weighted by Gasteiger charge is 2.45. The van der Waals surface area contributed by atoms with Gasteiger partial charge in [-0.1, -0.05) is 31.4 Å². The van der Waals surface area contributed by atoms with E-state index in [0.29, 0.717) is 11.5 Å². The Morgan fingerprint density at radius 1 is 1.16 bits per heavy atom. The summed E-state index contributed by atoms with van der Waals surface area (Å²) >= 11 is 0. The maximum atomic E-state index is 13.1. The Morgan fingerprint density at radius 3 is 2.63 bits per heavy atom. The minimum atomic E-state index is -3.58. The van der Waals surface area contributed by atoms with Crippen LogP contribution in [-0.4, -0.2) is 6.29 Å². The van der Waals surface area contributed by atoms with Crippen LogP contribution in [0.5, 0.6) is 11.5 Å². The van der Waals surface area contributed by atoms with Crippen LogP contribution in [0.15, 0.2) is 18.2 Å². The summed E-state index contributed by atoms with van der Waals surface area (Å²) in [6, 6.07) is 4.64. The van der Waals surface area contributed by atoms with Gasteiger partial charge in [0.15, 0.2) is 11.5 Å². The summed E-state index contributed by atoms with van der Waals surface area (Å²) in [5, 5.41) is 0. The van der Waals surface area contributed by atoms with Crippen molar-refractivity contribution in [3.8, 4) is 11.5 Å². The topological polar surface area (TPSA) is 44.5 Å². The van der Waals surface area contributed by atoms with Crippen molar-refractivity contribution in [1.29, 1.82) is 0 Å². The van der Waals surface area contributed by atoms with Gasteiger partial charge in [-0.25, -0.2) is 0 Å². The molecule has 1 aromatic rings. The van der Waals surface area contributed by atoms with Crippen LogP contribution < -0.4 is 15.2 Å². The van der Waals surface area contributed by atoms with E-state index in [-0.39, 0.29) is 17.5 Å². The molecule has 1 aliphatic heterocycles. The molecule has 0 unspecified atom stereocenters. The molecular weight excluding hydrogens is 252 g/mol. The number of halogens is 2. The summed E-state index contributed by atoms with van der Waals surface area (Å²) < 4.78 is 35.3. The zero-order chi connectivity index (χ0) is 13.5. The predicted molar refractivity (Wildman–Crippen MR) is 66.1 cm³/mol. The minimum Gasteiger partial charge on any atom is -0.395 e. The fraction of sp³-hybridized carbons (Fsp3) is 0.571. The van der Waals surface area contributed by atoms with Gasteiger partial charge in [0.1, 0.15) is 0 Å². The molecule has 2 aliphatic rings. The number of benzene rings is 1. The summed E-state index contributed by atoms with van der Waals surface area (Å²) in [4.78, 5) is 0. The molecule has 104 valence electrons. The van der Waals surface area contributed by atoms with E-state index in [2.05, 4.69) is 9.47 Å². The molecule has 3 rings (SSSR count). The van der Waals surface area contributed by atoms with Gasteiger partial charge >= 0.3 is 6.29 Å². The van der Waals surface area contributed by atoms with E-state index in [0.717, 1.165) is 25.7 Å². The van der Waals surface area contributed by atoms with Gasteiger partial charge in [0.25, 0.3) is 0 Å². The lowest BCUT2D eigenvalue weighted by atomic mass is 9.81. The minimum absolute atomic E-state index is 0.0776. The van der Waals surface area contributed by atoms with E-state index < -0.39 is 6.29 Å². The fourth-order valence-corrected chi connectivity index (χ4v) is 3.00. The Morgan fingerprint density at radius 2 is 1.89 bits per heavy atom. The first-order valence-corrected chi connectivity index (χ1v) is 6.71. The van der Waals surface area contributed by atoms with E-state index in [9.17, 15) is 8.78 Å². The van der Waals surface area contributed by atoms with Crippen LogP contribution in [0, 0.1) is 5.92 Å². The van der Waals surface area contributed by atoms with Gasteiger partial charge in [-0.15, -0.1) is 8.78 Å². The van der Waals surface area contributed by atoms with Crippen molar-refractivity contribution in [3.63, 3.8) is 0 Å². The van der Waals surface area contributed by atoms with E-state index in [1.807, 2.05) is 0 Å². The first-order valence-electron chi connectivity index (χ1n) is 6.71. The van der Waals surface area contributed by atoms with Gasteiger partial charge in [-0.3, -0.25) is 0 Å². The second kappa shape index (κ2) is 4.63. The molecule has 0 spiro atoms. The normalized spacial score (nSPS) is 23.3. The average molecular weight is 269 g/mol. The van der Waals surface area contributed by atoms with Crippen LogP contribution in [-0.2, 0) is 0 Å². The summed E-state index contributed by atoms with van der Waals surface area (Å²) in [5.41, 5.74) is 6.88. The molecule has 5 heteroatoms. The molecule has 0 aromatic heterocycles. The Kier molecular flexibility index (Phi) is 3.09. The van der Waals surface area contributed by atoms with Gasteiger partial charge in [-0.2, -0.15) is 0 Å². The van der Waals surface area contributed by atoms with Gasteiger partial charge < -0.3 is 15.2 Å². The van der Waals surface area contributed by atoms with E-state index in [1.165, 1.54) is 12.5 Å². The van der Waals surface area contributed by atoms with Crippen molar-refractivity contribution in [2.75, 3.05) is 0 Å². The Hall–Kier alpha value is -1.36. The molecule has 19 heavy (non-hydrogen) atoms. The van der Waals surface area contributed by atoms with Crippen LogP contribution in [0.4, 0.5) is 8.78 Å². The SMILES string of the molecule is N[C@@H](c1cccc2c1OC(F)(F)O2)C1CCCCC1. The summed E-state index contributed by atoms with van der Waals surface area (Å²) in [5.74, 6) is 0.511. The van der Waals surface area contributed by atoms with Crippen LogP contribution in [0.25, 0.3) is 0 Å². The van der Waals surface area contributed by atoms with Crippen LogP contribution in [0.2, 0.25) is 0 Å². The number of hydrogen-bond donors (Lipinski definition) is 1. The maximum absolute atomic E-state index is 13.1. The molecule has 2 N–H and O–H groups in total. The van der Waals surface area contributed by atoms with Crippen molar-refractivity contribution < 1.29 is 18.3 Å². The average Bonchev–Trinajstić information content (AvgIpc) is 2.72. The first-order chi connectivity index (χ1) is 9.07. The molecule has 0 bridgehead atoms. The zero-order valence-corrected chi connectivity index (χ0v) is 10.6. The molecule has 1 fully saturated rings. The smallest absolute Gasteiger partial charge is 0.395 e. The van der Waals surface area contributed by atoms with E-state index in [1.54, 1.807) is 12.1 Å². The van der Waals surface area contributed by atoms with Gasteiger partial charge in [0.2, 0.25) is 0 Å². The maximum Gasteiger partial charge on any atom is 0.586 e. The summed E-state index contributed by atoms with van der Waals surface area (Å²) in [6.07, 6.45) is 2.05. The number of para-hydroxylation sites is 1. The molecule has 3 nitrogen and oxygen atoms in total.